The molecule has 1 unspecified atom stereocenters. The van der Waals surface area contributed by atoms with Crippen molar-refractivity contribution in [2.75, 3.05) is 0 Å². The Kier molecular flexibility index (Phi) is 6.40. The Morgan fingerprint density at radius 3 is 2.36 bits per heavy atom. The first-order valence-corrected chi connectivity index (χ1v) is 9.30. The summed E-state index contributed by atoms with van der Waals surface area (Å²) in [6.07, 6.45) is 3.74. The number of hydrogen-bond acceptors (Lipinski definition) is 3. The average Bonchev–Trinajstić information content (AvgIpc) is 2.72. The quantitative estimate of drug-likeness (QED) is 0.597. The number of carboxylic acids is 2. The lowest BCUT2D eigenvalue weighted by molar-refractivity contribution is -0.159. The van der Waals surface area contributed by atoms with Gasteiger partial charge < -0.3 is 15.5 Å². The fraction of sp³-hybridized carbons (Fsp3) is 0.217. The van der Waals surface area contributed by atoms with Crippen LogP contribution in [0.4, 0.5) is 0 Å². The molecule has 1 atom stereocenters. The number of carboxylic acid groups (broad SMARTS) is 2. The zero-order valence-electron chi connectivity index (χ0n) is 15.5. The van der Waals surface area contributed by atoms with E-state index < -0.39 is 11.9 Å². The molecule has 1 aliphatic carbocycles. The highest BCUT2D eigenvalue weighted by atomic mass is 16.4. The van der Waals surface area contributed by atoms with Crippen LogP contribution in [0.3, 0.4) is 0 Å². The monoisotopic (exact) mass is 377 g/mol. The standard InChI is InChI=1S/C21H21N.C2H2O4/c1-3-12-19-16(7-1)9-5-11-18(19)15-22-21-14-6-10-17-8-2-4-13-20(17)21;3-1(4)2(5)6/h1-5,7-9,11-13,21-22H,6,10,14-15H2;(H,3,4)(H,5,6). The lowest BCUT2D eigenvalue weighted by Gasteiger charge is -2.26. The van der Waals surface area contributed by atoms with Crippen molar-refractivity contribution in [3.8, 4) is 0 Å². The zero-order valence-corrected chi connectivity index (χ0v) is 15.5. The van der Waals surface area contributed by atoms with Gasteiger partial charge in [-0.05, 0) is 46.7 Å². The first kappa shape index (κ1) is 19.6. The number of carbonyl (C=O) groups is 2. The molecule has 0 saturated carbocycles. The van der Waals surface area contributed by atoms with E-state index in [1.165, 1.54) is 46.7 Å². The Bertz CT molecular complexity index is 966. The first-order chi connectivity index (χ1) is 13.6. The summed E-state index contributed by atoms with van der Waals surface area (Å²) in [5.74, 6) is -3.65. The topological polar surface area (TPSA) is 86.6 Å². The third-order valence-electron chi connectivity index (χ3n) is 4.97. The van der Waals surface area contributed by atoms with Crippen molar-refractivity contribution < 1.29 is 19.8 Å². The summed E-state index contributed by atoms with van der Waals surface area (Å²) in [4.78, 5) is 18.2. The van der Waals surface area contributed by atoms with Gasteiger partial charge in [0.1, 0.15) is 0 Å². The summed E-state index contributed by atoms with van der Waals surface area (Å²) >= 11 is 0. The van der Waals surface area contributed by atoms with Crippen LogP contribution < -0.4 is 5.32 Å². The van der Waals surface area contributed by atoms with E-state index >= 15 is 0 Å². The normalized spacial score (nSPS) is 15.2. The van der Waals surface area contributed by atoms with E-state index in [0.717, 1.165) is 6.54 Å². The number of nitrogens with one attached hydrogen (secondary N) is 1. The molecule has 0 aliphatic heterocycles. The molecular weight excluding hydrogens is 354 g/mol. The number of benzene rings is 3. The molecule has 3 aromatic carbocycles. The molecule has 1 aliphatic rings. The lowest BCUT2D eigenvalue weighted by Crippen LogP contribution is -2.24. The van der Waals surface area contributed by atoms with Crippen LogP contribution in [0.25, 0.3) is 10.8 Å². The maximum absolute atomic E-state index is 9.10. The number of aryl methyl sites for hydroxylation is 1. The summed E-state index contributed by atoms with van der Waals surface area (Å²) in [6.45, 7) is 0.931. The molecule has 0 saturated heterocycles. The average molecular weight is 377 g/mol. The van der Waals surface area contributed by atoms with Crippen molar-refractivity contribution >= 4 is 22.7 Å². The van der Waals surface area contributed by atoms with Crippen molar-refractivity contribution in [3.05, 3.63) is 83.4 Å². The number of rotatable bonds is 3. The summed E-state index contributed by atoms with van der Waals surface area (Å²) in [6, 6.07) is 24.6. The molecular formula is C23H23NO4. The number of aliphatic carboxylic acids is 2. The molecule has 0 amide bonds. The van der Waals surface area contributed by atoms with Gasteiger partial charge in [-0.25, -0.2) is 9.59 Å². The molecule has 3 aromatic rings. The molecule has 0 heterocycles. The predicted molar refractivity (Wildman–Crippen MR) is 108 cm³/mol. The molecule has 28 heavy (non-hydrogen) atoms. The molecule has 5 nitrogen and oxygen atoms in total. The summed E-state index contributed by atoms with van der Waals surface area (Å²) in [5.41, 5.74) is 4.40. The van der Waals surface area contributed by atoms with Crippen molar-refractivity contribution in [1.82, 2.24) is 5.32 Å². The van der Waals surface area contributed by atoms with E-state index in [0.29, 0.717) is 6.04 Å². The van der Waals surface area contributed by atoms with Gasteiger partial charge in [-0.3, -0.25) is 0 Å². The first-order valence-electron chi connectivity index (χ1n) is 9.30. The summed E-state index contributed by atoms with van der Waals surface area (Å²) in [7, 11) is 0. The molecule has 144 valence electrons. The van der Waals surface area contributed by atoms with E-state index in [1.807, 2.05) is 0 Å². The molecule has 0 bridgehead atoms. The summed E-state index contributed by atoms with van der Waals surface area (Å²) in [5, 5.41) is 21.3. The number of fused-ring (bicyclic) bond motifs is 2. The van der Waals surface area contributed by atoms with E-state index in [9.17, 15) is 0 Å². The van der Waals surface area contributed by atoms with Gasteiger partial charge in [0.05, 0.1) is 0 Å². The van der Waals surface area contributed by atoms with Crippen molar-refractivity contribution in [3.63, 3.8) is 0 Å². The summed E-state index contributed by atoms with van der Waals surface area (Å²) < 4.78 is 0. The third-order valence-corrected chi connectivity index (χ3v) is 4.97. The Balaban J connectivity index is 0.000000330. The zero-order chi connectivity index (χ0) is 19.9. The van der Waals surface area contributed by atoms with E-state index in [-0.39, 0.29) is 0 Å². The van der Waals surface area contributed by atoms with Crippen molar-refractivity contribution in [2.24, 2.45) is 0 Å². The Hall–Kier alpha value is -3.18. The highest BCUT2D eigenvalue weighted by molar-refractivity contribution is 6.27. The van der Waals surface area contributed by atoms with E-state index in [1.54, 1.807) is 0 Å². The fourth-order valence-electron chi connectivity index (χ4n) is 3.65. The second-order valence-corrected chi connectivity index (χ2v) is 6.77. The number of hydrogen-bond donors (Lipinski definition) is 3. The Morgan fingerprint density at radius 2 is 1.57 bits per heavy atom. The lowest BCUT2D eigenvalue weighted by atomic mass is 9.87. The Labute approximate surface area is 163 Å². The van der Waals surface area contributed by atoms with Gasteiger partial charge in [0, 0.05) is 12.6 Å². The molecule has 0 radical (unpaired) electrons. The molecule has 3 N–H and O–H groups in total. The van der Waals surface area contributed by atoms with Crippen molar-refractivity contribution in [1.29, 1.82) is 0 Å². The van der Waals surface area contributed by atoms with Crippen LogP contribution in [0.1, 0.15) is 35.6 Å². The van der Waals surface area contributed by atoms with Crippen LogP contribution in [0.2, 0.25) is 0 Å². The SMILES string of the molecule is O=C(O)C(=O)O.c1ccc2c(c1)CCCC2NCc1cccc2ccccc12. The molecule has 0 fully saturated rings. The van der Waals surface area contributed by atoms with Gasteiger partial charge in [0.15, 0.2) is 0 Å². The minimum atomic E-state index is -1.82. The maximum Gasteiger partial charge on any atom is 0.414 e. The minimum absolute atomic E-state index is 0.490. The van der Waals surface area contributed by atoms with E-state index in [4.69, 9.17) is 19.8 Å². The predicted octanol–water partition coefficient (Wildman–Crippen LogP) is 4.16. The van der Waals surface area contributed by atoms with Gasteiger partial charge >= 0.3 is 11.9 Å². The molecule has 0 spiro atoms. The van der Waals surface area contributed by atoms with Crippen LogP contribution in [-0.4, -0.2) is 22.2 Å². The van der Waals surface area contributed by atoms with Gasteiger partial charge in [0.2, 0.25) is 0 Å². The minimum Gasteiger partial charge on any atom is -0.473 e. The van der Waals surface area contributed by atoms with Crippen LogP contribution >= 0.6 is 0 Å². The van der Waals surface area contributed by atoms with Crippen LogP contribution in [0.15, 0.2) is 66.7 Å². The van der Waals surface area contributed by atoms with E-state index in [2.05, 4.69) is 72.0 Å². The van der Waals surface area contributed by atoms with Gasteiger partial charge in [-0.1, -0.05) is 66.7 Å². The fourth-order valence-corrected chi connectivity index (χ4v) is 3.65. The van der Waals surface area contributed by atoms with Crippen LogP contribution in [-0.2, 0) is 22.6 Å². The van der Waals surface area contributed by atoms with Gasteiger partial charge in [-0.15, -0.1) is 0 Å². The van der Waals surface area contributed by atoms with Gasteiger partial charge in [-0.2, -0.15) is 0 Å². The molecule has 5 heteroatoms. The highest BCUT2D eigenvalue weighted by Crippen LogP contribution is 2.30. The second kappa shape index (κ2) is 9.15. The van der Waals surface area contributed by atoms with Crippen molar-refractivity contribution in [2.45, 2.75) is 31.8 Å². The maximum atomic E-state index is 9.10. The Morgan fingerprint density at radius 1 is 0.893 bits per heavy atom. The van der Waals surface area contributed by atoms with Crippen LogP contribution in [0.5, 0.6) is 0 Å². The third kappa shape index (κ3) is 4.75. The van der Waals surface area contributed by atoms with Crippen LogP contribution in [0, 0.1) is 0 Å². The second-order valence-electron chi connectivity index (χ2n) is 6.77. The molecule has 0 aromatic heterocycles. The van der Waals surface area contributed by atoms with Gasteiger partial charge in [0.25, 0.3) is 0 Å². The molecule has 4 rings (SSSR count). The highest BCUT2D eigenvalue weighted by Gasteiger charge is 2.19. The largest absolute Gasteiger partial charge is 0.473 e. The smallest absolute Gasteiger partial charge is 0.414 e.